The molecule has 2 amide bonds. The Bertz CT molecular complexity index is 1350. The zero-order valence-corrected chi connectivity index (χ0v) is 25.8. The van der Waals surface area contributed by atoms with E-state index in [1.54, 1.807) is 14.2 Å². The molecule has 0 bridgehead atoms. The number of para-hydroxylation sites is 1. The summed E-state index contributed by atoms with van der Waals surface area (Å²) in [7, 11) is 3.28. The van der Waals surface area contributed by atoms with E-state index in [9.17, 15) is 14.7 Å². The van der Waals surface area contributed by atoms with Crippen molar-refractivity contribution in [3.8, 4) is 5.75 Å². The summed E-state index contributed by atoms with van der Waals surface area (Å²) in [6.07, 6.45) is 2.59. The maximum absolute atomic E-state index is 14.8. The Morgan fingerprint density at radius 1 is 1.21 bits per heavy atom. The lowest BCUT2D eigenvalue weighted by Gasteiger charge is -2.52. The van der Waals surface area contributed by atoms with Crippen LogP contribution in [0.3, 0.4) is 0 Å². The first-order valence-corrected chi connectivity index (χ1v) is 14.7. The quantitative estimate of drug-likeness (QED) is 0.311. The second-order valence-electron chi connectivity index (χ2n) is 12.6. The number of aromatic nitrogens is 5. The molecule has 4 rings (SSSR count). The normalized spacial score (nSPS) is 19.4. The van der Waals surface area contributed by atoms with Crippen molar-refractivity contribution in [1.82, 2.24) is 34.5 Å². The Hall–Kier alpha value is -3.67. The first kappa shape index (κ1) is 31.3. The number of carbonyl (C=O) groups is 2. The predicted molar refractivity (Wildman–Crippen MR) is 159 cm³/mol. The van der Waals surface area contributed by atoms with Crippen LogP contribution in [0.15, 0.2) is 24.5 Å². The summed E-state index contributed by atoms with van der Waals surface area (Å²) >= 11 is 0. The number of hydrogen-bond acceptors (Lipinski definition) is 7. The molecule has 1 aliphatic rings. The number of nitrogens with one attached hydrogen (secondary N) is 1. The third-order valence-electron chi connectivity index (χ3n) is 7.95. The second-order valence-corrected chi connectivity index (χ2v) is 12.6. The Balaban J connectivity index is 1.85. The van der Waals surface area contributed by atoms with Crippen molar-refractivity contribution >= 4 is 23.0 Å². The Morgan fingerprint density at radius 3 is 2.57 bits per heavy atom. The number of hydrogen-bond donors (Lipinski definition) is 2. The standard InChI is InChI=1S/C30H45N7O5/c1-19(2)16-36(22-15-20(26-31-18-32-34-26)17-37(29(39)40)25(22)30(3,4)5)28(38)27-33-24-21(11-10-12-23(24)42-7)35(27)13-8-9-14-41-6/h10-12,18-20,22,25H,8-9,13-17H2,1-7H3,(H,39,40)(H,31,32,34)/t20-,22+,25?/m1/s1. The number of ether oxygens (including phenoxy) is 2. The summed E-state index contributed by atoms with van der Waals surface area (Å²) < 4.78 is 12.8. The molecule has 1 saturated heterocycles. The van der Waals surface area contributed by atoms with Gasteiger partial charge in [-0.15, -0.1) is 0 Å². The molecule has 2 N–H and O–H groups in total. The van der Waals surface area contributed by atoms with Crippen molar-refractivity contribution in [1.29, 1.82) is 0 Å². The molecule has 0 aliphatic carbocycles. The average molecular weight is 584 g/mol. The molecule has 2 aromatic heterocycles. The van der Waals surface area contributed by atoms with Crippen molar-refractivity contribution in [2.45, 2.75) is 78.4 Å². The van der Waals surface area contributed by atoms with Crippen molar-refractivity contribution in [2.75, 3.05) is 33.9 Å². The van der Waals surface area contributed by atoms with Crippen LogP contribution in [0.1, 0.15) is 76.2 Å². The molecule has 12 nitrogen and oxygen atoms in total. The number of carboxylic acid groups (broad SMARTS) is 1. The molecule has 0 radical (unpaired) electrons. The fraction of sp³-hybridized carbons (Fsp3) is 0.633. The Morgan fingerprint density at radius 2 is 1.98 bits per heavy atom. The van der Waals surface area contributed by atoms with E-state index < -0.39 is 23.6 Å². The monoisotopic (exact) mass is 583 g/mol. The minimum absolute atomic E-state index is 0.132. The van der Waals surface area contributed by atoms with E-state index in [1.165, 1.54) is 11.2 Å². The molecule has 1 unspecified atom stereocenters. The third-order valence-corrected chi connectivity index (χ3v) is 7.95. The fourth-order valence-electron chi connectivity index (χ4n) is 6.29. The first-order valence-electron chi connectivity index (χ1n) is 14.7. The van der Waals surface area contributed by atoms with E-state index in [1.807, 2.05) is 48.4 Å². The zero-order chi connectivity index (χ0) is 30.6. The van der Waals surface area contributed by atoms with Crippen molar-refractivity contribution in [3.63, 3.8) is 0 Å². The van der Waals surface area contributed by atoms with Gasteiger partial charge in [0.25, 0.3) is 5.91 Å². The van der Waals surface area contributed by atoms with Gasteiger partial charge in [0.2, 0.25) is 0 Å². The summed E-state index contributed by atoms with van der Waals surface area (Å²) in [5, 5.41) is 17.3. The number of rotatable bonds is 11. The van der Waals surface area contributed by atoms with Gasteiger partial charge in [0.15, 0.2) is 5.82 Å². The van der Waals surface area contributed by atoms with E-state index in [2.05, 4.69) is 29.0 Å². The van der Waals surface area contributed by atoms with Gasteiger partial charge in [-0.3, -0.25) is 9.89 Å². The number of fused-ring (bicyclic) bond motifs is 1. The molecule has 42 heavy (non-hydrogen) atoms. The van der Waals surface area contributed by atoms with Gasteiger partial charge in [-0.2, -0.15) is 5.10 Å². The SMILES string of the molecule is COCCCCn1c(C(=O)N(CC(C)C)[C@H]2C[C@@H](c3ncn[nH]3)CN(C(=O)O)C2C(C)(C)C)nc2c(OC)cccc21. The topological polar surface area (TPSA) is 139 Å². The van der Waals surface area contributed by atoms with Crippen molar-refractivity contribution < 1.29 is 24.2 Å². The van der Waals surface area contributed by atoms with E-state index in [-0.39, 0.29) is 24.3 Å². The molecule has 1 aliphatic heterocycles. The van der Waals surface area contributed by atoms with Crippen LogP contribution in [0.25, 0.3) is 11.0 Å². The smallest absolute Gasteiger partial charge is 0.407 e. The number of amides is 2. The number of imidazole rings is 1. The van der Waals surface area contributed by atoms with E-state index in [0.29, 0.717) is 49.0 Å². The second kappa shape index (κ2) is 13.1. The van der Waals surface area contributed by atoms with Crippen LogP contribution in [0, 0.1) is 11.3 Å². The minimum Gasteiger partial charge on any atom is -0.494 e. The number of nitrogens with zero attached hydrogens (tertiary/aromatic N) is 6. The van der Waals surface area contributed by atoms with Gasteiger partial charge in [-0.05, 0) is 42.7 Å². The summed E-state index contributed by atoms with van der Waals surface area (Å²) in [4.78, 5) is 40.1. The number of likely N-dealkylation sites (tertiary alicyclic amines) is 1. The highest BCUT2D eigenvalue weighted by atomic mass is 16.5. The number of methoxy groups -OCH3 is 2. The molecule has 3 heterocycles. The molecule has 1 aromatic carbocycles. The van der Waals surface area contributed by atoms with Gasteiger partial charge in [0.1, 0.15) is 23.4 Å². The van der Waals surface area contributed by atoms with Crippen molar-refractivity contribution in [3.05, 3.63) is 36.2 Å². The summed E-state index contributed by atoms with van der Waals surface area (Å²) in [6.45, 7) is 12.1. The molecule has 3 aromatic rings. The molecule has 12 heteroatoms. The number of unbranched alkanes of at least 4 members (excludes halogenated alkanes) is 1. The first-order chi connectivity index (χ1) is 20.0. The van der Waals surface area contributed by atoms with E-state index in [0.717, 1.165) is 18.4 Å². The molecular formula is C30H45N7O5. The number of aryl methyl sites for hydroxylation is 1. The van der Waals surface area contributed by atoms with Gasteiger partial charge in [-0.1, -0.05) is 40.7 Å². The maximum atomic E-state index is 14.8. The van der Waals surface area contributed by atoms with Gasteiger partial charge < -0.3 is 28.9 Å². The third kappa shape index (κ3) is 6.53. The lowest BCUT2D eigenvalue weighted by Crippen LogP contribution is -2.64. The fourth-order valence-corrected chi connectivity index (χ4v) is 6.29. The molecule has 230 valence electrons. The van der Waals surface area contributed by atoms with Crippen LogP contribution >= 0.6 is 0 Å². The van der Waals surface area contributed by atoms with Gasteiger partial charge in [0, 0.05) is 39.3 Å². The largest absolute Gasteiger partial charge is 0.494 e. The minimum atomic E-state index is -1.02. The van der Waals surface area contributed by atoms with Crippen LogP contribution in [-0.2, 0) is 11.3 Å². The number of benzene rings is 1. The van der Waals surface area contributed by atoms with Crippen LogP contribution in [0.2, 0.25) is 0 Å². The zero-order valence-electron chi connectivity index (χ0n) is 25.8. The highest BCUT2D eigenvalue weighted by Gasteiger charge is 2.49. The Labute approximate surface area is 247 Å². The predicted octanol–water partition coefficient (Wildman–Crippen LogP) is 4.64. The van der Waals surface area contributed by atoms with E-state index >= 15 is 0 Å². The van der Waals surface area contributed by atoms with Crippen LogP contribution in [0.4, 0.5) is 4.79 Å². The number of piperidine rings is 1. The van der Waals surface area contributed by atoms with Crippen LogP contribution in [0.5, 0.6) is 5.75 Å². The summed E-state index contributed by atoms with van der Waals surface area (Å²) in [6, 6.07) is 4.82. The highest BCUT2D eigenvalue weighted by Crippen LogP contribution is 2.40. The Kier molecular flexibility index (Phi) is 9.75. The number of aromatic amines is 1. The number of carbonyl (C=O) groups excluding carboxylic acids is 1. The maximum Gasteiger partial charge on any atom is 0.407 e. The lowest BCUT2D eigenvalue weighted by molar-refractivity contribution is -0.0142. The molecule has 0 spiro atoms. The number of H-pyrrole nitrogens is 1. The van der Waals surface area contributed by atoms with E-state index in [4.69, 9.17) is 14.5 Å². The van der Waals surface area contributed by atoms with Crippen LogP contribution in [-0.4, -0.2) is 97.6 Å². The average Bonchev–Trinajstić information content (AvgIpc) is 3.61. The molecule has 3 atom stereocenters. The lowest BCUT2D eigenvalue weighted by atomic mass is 9.74. The van der Waals surface area contributed by atoms with Crippen molar-refractivity contribution in [2.24, 2.45) is 11.3 Å². The van der Waals surface area contributed by atoms with Gasteiger partial charge in [0.05, 0.1) is 24.7 Å². The van der Waals surface area contributed by atoms with Crippen LogP contribution < -0.4 is 4.74 Å². The molecule has 1 fully saturated rings. The molecule has 0 saturated carbocycles. The summed E-state index contributed by atoms with van der Waals surface area (Å²) in [5.74, 6) is 1.20. The molecular weight excluding hydrogens is 538 g/mol. The highest BCUT2D eigenvalue weighted by molar-refractivity contribution is 5.96. The summed E-state index contributed by atoms with van der Waals surface area (Å²) in [5.41, 5.74) is 0.999. The van der Waals surface area contributed by atoms with Gasteiger partial charge in [-0.25, -0.2) is 14.8 Å². The van der Waals surface area contributed by atoms with Gasteiger partial charge >= 0.3 is 6.09 Å².